The number of thiazole rings is 2. The summed E-state index contributed by atoms with van der Waals surface area (Å²) < 4.78 is 6.09. The second-order valence-electron chi connectivity index (χ2n) is 21.4. The maximum absolute atomic E-state index is 14.5. The molecule has 16 heteroatoms. The van der Waals surface area contributed by atoms with Crippen LogP contribution < -0.4 is 32.0 Å². The van der Waals surface area contributed by atoms with Crippen LogP contribution in [0.25, 0.3) is 106 Å². The molecule has 11 aromatic rings. The predicted molar refractivity (Wildman–Crippen MR) is 361 cm³/mol. The molecule has 0 spiro atoms. The molecule has 2 amide bonds. The molecule has 6 aromatic carbocycles. The van der Waals surface area contributed by atoms with Gasteiger partial charge in [-0.25, -0.2) is 9.97 Å². The normalized spacial score (nSPS) is 12.7. The van der Waals surface area contributed by atoms with Gasteiger partial charge in [-0.3, -0.25) is 18.7 Å². The minimum atomic E-state index is -0.268. The summed E-state index contributed by atoms with van der Waals surface area (Å²) in [5.74, 6) is -0.534. The Hall–Kier alpha value is -8.11. The molecule has 0 unspecified atom stereocenters. The number of halogens is 3. The van der Waals surface area contributed by atoms with Crippen LogP contribution in [0.3, 0.4) is 0 Å². The van der Waals surface area contributed by atoms with Gasteiger partial charge in [-0.05, 0) is 144 Å². The van der Waals surface area contributed by atoms with Gasteiger partial charge in [0, 0.05) is 49.5 Å². The van der Waals surface area contributed by atoms with Gasteiger partial charge in [-0.15, -0.1) is 44.7 Å². The third-order valence-corrected chi connectivity index (χ3v) is 18.9. The van der Waals surface area contributed by atoms with Gasteiger partial charge in [0.05, 0.1) is 34.2 Å². The van der Waals surface area contributed by atoms with Crippen LogP contribution in [0.15, 0.2) is 207 Å². The second-order valence-corrected chi connectivity index (χ2v) is 24.9. The molecule has 435 valence electrons. The molecule has 5 aromatic heterocycles. The number of carbonyl (C=O) groups is 2. The maximum atomic E-state index is 14.5. The van der Waals surface area contributed by atoms with Gasteiger partial charge >= 0.3 is 17.1 Å². The standard InChI is InChI=1S/C72H54Br2N8O2S2.ClH.Fe/c1-7-55-41(3)59-35-60-43(5)57(29-31-69(83)79-71-81(53-27-21-45-13-9-11-15-49(45)33-53)67(39-85-71)47-17-23-51(73)24-18-47)65(77-60)38-66-58(44(6)62(78-66)37-64-56(8-2)42(4)61(76-64)36-63(55)75-59)30-32-70(84)80-72-82(54-28-22-46-14-10-12-16-50(46)34-54)68(40-86-72)48-19-25-52(74)26-20-48;;/h7-28,33-40H,1-2,29-32H2,3-6H3;1H;/q-2;;+3/p-1. The Labute approximate surface area is 550 Å². The minimum Gasteiger partial charge on any atom is -1.00 e. The first-order chi connectivity index (χ1) is 41.8. The fourth-order valence-electron chi connectivity index (χ4n) is 11.5. The van der Waals surface area contributed by atoms with Crippen molar-refractivity contribution in [2.45, 2.75) is 53.4 Å². The molecule has 0 aliphatic carbocycles. The monoisotopic (exact) mass is 1380 g/mol. The Balaban J connectivity index is 0.00000400. The zero-order valence-corrected chi connectivity index (χ0v) is 54.9. The molecule has 2 aliphatic rings. The summed E-state index contributed by atoms with van der Waals surface area (Å²) in [5.41, 5.74) is 18.7. The molecule has 2 aliphatic heterocycles. The summed E-state index contributed by atoms with van der Waals surface area (Å²) in [6.45, 7) is 16.6. The van der Waals surface area contributed by atoms with Crippen molar-refractivity contribution in [3.8, 4) is 33.9 Å². The SMILES string of the molecule is C=CC1=C(C)c2cc3[n-]c(cc4nc(cc5[n-]c(cc1n2)c(C)c5CCC(=O)N=c1scc(-c2ccc(Br)cc2)n1-c1ccc2ccccc2c1)C(CCC(=O)N=c1scc(-c2ccc(Br)cc2)n1-c1ccc2ccccc2c1)=C4C)c(C)c3C=C.[Cl-].[Fe+3]. The van der Waals surface area contributed by atoms with Gasteiger partial charge in [0.1, 0.15) is 0 Å². The van der Waals surface area contributed by atoms with Crippen molar-refractivity contribution in [2.75, 3.05) is 0 Å². The largest absolute Gasteiger partial charge is 3.00 e. The van der Waals surface area contributed by atoms with Crippen LogP contribution in [0.5, 0.6) is 0 Å². The van der Waals surface area contributed by atoms with Crippen molar-refractivity contribution in [1.82, 2.24) is 29.1 Å². The van der Waals surface area contributed by atoms with Crippen LogP contribution in [0.1, 0.15) is 78.1 Å². The van der Waals surface area contributed by atoms with E-state index in [0.29, 0.717) is 39.2 Å². The van der Waals surface area contributed by atoms with Crippen LogP contribution in [-0.4, -0.2) is 30.9 Å². The zero-order chi connectivity index (χ0) is 59.3. The Kier molecular flexibility index (Phi) is 18.1. The quantitative estimate of drug-likeness (QED) is 0.112. The minimum absolute atomic E-state index is 0. The summed E-state index contributed by atoms with van der Waals surface area (Å²) in [6, 6.07) is 53.5. The molecule has 0 atom stereocenters. The number of rotatable bonds is 12. The van der Waals surface area contributed by atoms with Crippen molar-refractivity contribution in [1.29, 1.82) is 0 Å². The van der Waals surface area contributed by atoms with Gasteiger partial charge in [-0.2, -0.15) is 9.98 Å². The molecule has 0 N–H and O–H groups in total. The third kappa shape index (κ3) is 12.0. The van der Waals surface area contributed by atoms with E-state index >= 15 is 0 Å². The Morgan fingerprint density at radius 3 is 1.55 bits per heavy atom. The smallest absolute Gasteiger partial charge is 1.00 e. The van der Waals surface area contributed by atoms with E-state index in [-0.39, 0.29) is 54.1 Å². The van der Waals surface area contributed by atoms with Crippen LogP contribution in [-0.2, 0) is 33.1 Å². The molecule has 1 radical (unpaired) electrons. The number of amides is 2. The molecule has 10 nitrogen and oxygen atoms in total. The molecule has 0 saturated heterocycles. The average Bonchev–Trinajstić information content (AvgIpc) is 2.32. The molecule has 0 fully saturated rings. The molecular weight excluding hydrogens is 1320 g/mol. The summed E-state index contributed by atoms with van der Waals surface area (Å²) in [6.07, 6.45) is 4.58. The first kappa shape index (κ1) is 61.5. The second kappa shape index (κ2) is 25.9. The molecule has 13 rings (SSSR count). The first-order valence-corrected chi connectivity index (χ1v) is 31.5. The van der Waals surface area contributed by atoms with E-state index in [1.54, 1.807) is 0 Å². The number of carbonyl (C=O) groups excluding carboxylic acids is 2. The molecular formula is C72H54Br2ClFeN8O2S2. The first-order valence-electron chi connectivity index (χ1n) is 28.2. The van der Waals surface area contributed by atoms with Gasteiger partial charge in [0.25, 0.3) is 0 Å². The molecule has 7 heterocycles. The average molecular weight is 1380 g/mol. The van der Waals surface area contributed by atoms with Crippen molar-refractivity contribution < 1.29 is 39.1 Å². The van der Waals surface area contributed by atoms with Gasteiger partial charge < -0.3 is 22.4 Å². The number of hydrogen-bond donors (Lipinski definition) is 0. The van der Waals surface area contributed by atoms with E-state index in [1.807, 2.05) is 106 Å². The third-order valence-electron chi connectivity index (χ3n) is 16.2. The van der Waals surface area contributed by atoms with Gasteiger partial charge in [0.2, 0.25) is 11.8 Å². The fourth-order valence-corrected chi connectivity index (χ4v) is 13.9. The van der Waals surface area contributed by atoms with Crippen molar-refractivity contribution >= 4 is 138 Å². The Bertz CT molecular complexity index is 5060. The summed E-state index contributed by atoms with van der Waals surface area (Å²) in [4.78, 5) is 60.9. The maximum Gasteiger partial charge on any atom is 3.00 e. The molecule has 0 saturated carbocycles. The van der Waals surface area contributed by atoms with E-state index < -0.39 is 0 Å². The number of allylic oxidation sites excluding steroid dienone is 5. The topological polar surface area (TPSA) is 123 Å². The predicted octanol–water partition coefficient (Wildman–Crippen LogP) is 14.7. The van der Waals surface area contributed by atoms with Gasteiger partial charge in [0.15, 0.2) is 9.60 Å². The van der Waals surface area contributed by atoms with E-state index in [1.165, 1.54) is 22.7 Å². The van der Waals surface area contributed by atoms with Crippen LogP contribution in [0.2, 0.25) is 0 Å². The van der Waals surface area contributed by atoms with Crippen LogP contribution in [0, 0.1) is 13.8 Å². The number of aryl methyl sites for hydroxylation is 3. The summed E-state index contributed by atoms with van der Waals surface area (Å²) in [7, 11) is 0. The van der Waals surface area contributed by atoms with Crippen molar-refractivity contribution in [3.63, 3.8) is 0 Å². The zero-order valence-electron chi connectivity index (χ0n) is 48.3. The van der Waals surface area contributed by atoms with Crippen molar-refractivity contribution in [2.24, 2.45) is 9.98 Å². The number of hydrogen-bond acceptors (Lipinski definition) is 6. The van der Waals surface area contributed by atoms with Gasteiger partial charge in [-0.1, -0.05) is 183 Å². The number of aromatic nitrogens is 6. The summed E-state index contributed by atoms with van der Waals surface area (Å²) in [5, 5.41) is 8.53. The molecule has 8 bridgehead atoms. The number of benzene rings is 6. The number of fused-ring (bicyclic) bond motifs is 10. The van der Waals surface area contributed by atoms with E-state index in [4.69, 9.17) is 29.9 Å². The summed E-state index contributed by atoms with van der Waals surface area (Å²) >= 11 is 10.1. The fraction of sp³-hybridized carbons (Fsp3) is 0.111. The van der Waals surface area contributed by atoms with Crippen molar-refractivity contribution in [3.05, 3.63) is 251 Å². The Morgan fingerprint density at radius 1 is 0.534 bits per heavy atom. The van der Waals surface area contributed by atoms with Crippen LogP contribution in [0.4, 0.5) is 0 Å². The number of nitrogens with zero attached hydrogens (tertiary/aromatic N) is 8. The van der Waals surface area contributed by atoms with E-state index in [9.17, 15) is 9.59 Å². The molecule has 88 heavy (non-hydrogen) atoms. The Morgan fingerprint density at radius 2 is 1.00 bits per heavy atom. The van der Waals surface area contributed by atoms with E-state index in [0.717, 1.165) is 137 Å². The van der Waals surface area contributed by atoms with E-state index in [2.05, 4.69) is 157 Å². The van der Waals surface area contributed by atoms with Crippen LogP contribution >= 0.6 is 54.5 Å².